The molecule has 1 amide bonds. The quantitative estimate of drug-likeness (QED) is 0.398. The number of aromatic nitrogens is 2. The number of nitrogens with zero attached hydrogens (tertiary/aromatic N) is 3. The van der Waals surface area contributed by atoms with Crippen molar-refractivity contribution in [2.45, 2.75) is 29.0 Å². The van der Waals surface area contributed by atoms with Gasteiger partial charge in [-0.05, 0) is 42.0 Å². The van der Waals surface area contributed by atoms with Gasteiger partial charge < -0.3 is 0 Å². The van der Waals surface area contributed by atoms with Gasteiger partial charge in [0.1, 0.15) is 6.54 Å². The molecule has 1 aromatic heterocycles. The van der Waals surface area contributed by atoms with Gasteiger partial charge in [-0.2, -0.15) is 0 Å². The van der Waals surface area contributed by atoms with Crippen LogP contribution in [0.25, 0.3) is 0 Å². The summed E-state index contributed by atoms with van der Waals surface area (Å²) in [4.78, 5) is 12.8. The van der Waals surface area contributed by atoms with Crippen molar-refractivity contribution in [3.8, 4) is 0 Å². The molecule has 158 valence electrons. The van der Waals surface area contributed by atoms with Gasteiger partial charge in [-0.15, -0.1) is 10.2 Å². The first-order valence-corrected chi connectivity index (χ1v) is 12.6. The van der Waals surface area contributed by atoms with Crippen molar-refractivity contribution in [1.82, 2.24) is 10.2 Å². The van der Waals surface area contributed by atoms with Crippen molar-refractivity contribution in [1.29, 1.82) is 0 Å². The Balaban J connectivity index is 1.91. The topological polar surface area (TPSA) is 92.3 Å². The number of anilines is 2. The normalized spacial score (nSPS) is 11.5. The van der Waals surface area contributed by atoms with Crippen LogP contribution in [-0.4, -0.2) is 37.3 Å². The summed E-state index contributed by atoms with van der Waals surface area (Å²) in [5.41, 5.74) is 1.50. The Morgan fingerprint density at radius 2 is 1.77 bits per heavy atom. The lowest BCUT2D eigenvalue weighted by Crippen LogP contribution is -2.38. The Morgan fingerprint density at radius 1 is 1.10 bits per heavy atom. The molecule has 2 aromatic carbocycles. The molecule has 0 aliphatic heterocycles. The molecule has 0 aliphatic carbocycles. The number of thioether (sulfide) groups is 1. The molecule has 7 nitrogen and oxygen atoms in total. The number of rotatable bonds is 8. The SMILES string of the molecule is CSc1nnc(NC(=O)CN(c2ccc(C(C)C)cc2)S(=O)(=O)c2ccccc2)s1. The summed E-state index contributed by atoms with van der Waals surface area (Å²) in [5, 5.41) is 10.8. The zero-order valence-corrected chi connectivity index (χ0v) is 19.2. The first-order valence-electron chi connectivity index (χ1n) is 9.16. The number of hydrogen-bond acceptors (Lipinski definition) is 7. The highest BCUT2D eigenvalue weighted by Crippen LogP contribution is 2.27. The number of hydrogen-bond donors (Lipinski definition) is 1. The van der Waals surface area contributed by atoms with Crippen LogP contribution < -0.4 is 9.62 Å². The van der Waals surface area contributed by atoms with Gasteiger partial charge in [-0.1, -0.05) is 67.3 Å². The molecule has 0 spiro atoms. The number of amides is 1. The van der Waals surface area contributed by atoms with Gasteiger partial charge in [0.25, 0.3) is 10.0 Å². The summed E-state index contributed by atoms with van der Waals surface area (Å²) in [7, 11) is -3.94. The molecule has 1 heterocycles. The van der Waals surface area contributed by atoms with Gasteiger partial charge in [-0.25, -0.2) is 8.42 Å². The van der Waals surface area contributed by atoms with E-state index in [4.69, 9.17) is 0 Å². The molecule has 0 aliphatic rings. The molecule has 0 unspecified atom stereocenters. The summed E-state index contributed by atoms with van der Waals surface area (Å²) < 4.78 is 28.4. The second-order valence-corrected chi connectivity index (χ2v) is 10.6. The first kappa shape index (κ1) is 22.3. The minimum absolute atomic E-state index is 0.117. The van der Waals surface area contributed by atoms with Gasteiger partial charge in [0.2, 0.25) is 11.0 Å². The number of nitrogens with one attached hydrogen (secondary N) is 1. The molecular weight excluding hydrogens is 440 g/mol. The third-order valence-electron chi connectivity index (χ3n) is 4.29. The summed E-state index contributed by atoms with van der Waals surface area (Å²) in [6.07, 6.45) is 1.86. The van der Waals surface area contributed by atoms with Crippen LogP contribution >= 0.6 is 23.1 Å². The maximum Gasteiger partial charge on any atom is 0.264 e. The van der Waals surface area contributed by atoms with Crippen molar-refractivity contribution in [2.24, 2.45) is 0 Å². The standard InChI is InChI=1S/C20H22N4O3S3/c1-14(2)15-9-11-16(12-10-15)24(30(26,27)17-7-5-4-6-8-17)13-18(25)21-19-22-23-20(28-3)29-19/h4-12,14H,13H2,1-3H3,(H,21,22,25). The van der Waals surface area contributed by atoms with Crippen LogP contribution in [-0.2, 0) is 14.8 Å². The number of sulfonamides is 1. The molecule has 0 fully saturated rings. The molecule has 0 atom stereocenters. The van der Waals surface area contributed by atoms with Crippen molar-refractivity contribution in [2.75, 3.05) is 22.4 Å². The van der Waals surface area contributed by atoms with Gasteiger partial charge in [0, 0.05) is 0 Å². The van der Waals surface area contributed by atoms with Gasteiger partial charge >= 0.3 is 0 Å². The van der Waals surface area contributed by atoms with Crippen molar-refractivity contribution in [3.63, 3.8) is 0 Å². The van der Waals surface area contributed by atoms with E-state index in [2.05, 4.69) is 29.4 Å². The lowest BCUT2D eigenvalue weighted by atomic mass is 10.0. The lowest BCUT2D eigenvalue weighted by Gasteiger charge is -2.24. The van der Waals surface area contributed by atoms with Crippen molar-refractivity contribution < 1.29 is 13.2 Å². The van der Waals surface area contributed by atoms with Crippen LogP contribution in [0.3, 0.4) is 0 Å². The van der Waals surface area contributed by atoms with E-state index in [-0.39, 0.29) is 11.4 Å². The molecule has 0 saturated heterocycles. The monoisotopic (exact) mass is 462 g/mol. The zero-order chi connectivity index (χ0) is 21.7. The molecule has 3 aromatic rings. The fourth-order valence-corrected chi connectivity index (χ4v) is 5.32. The molecule has 0 bridgehead atoms. The average Bonchev–Trinajstić information content (AvgIpc) is 3.20. The van der Waals surface area contributed by atoms with Gasteiger partial charge in [0.05, 0.1) is 10.6 Å². The van der Waals surface area contributed by atoms with Crippen LogP contribution in [0.1, 0.15) is 25.3 Å². The van der Waals surface area contributed by atoms with E-state index < -0.39 is 15.9 Å². The smallest absolute Gasteiger partial charge is 0.264 e. The Labute approximate surface area is 184 Å². The Hall–Kier alpha value is -2.43. The van der Waals surface area contributed by atoms with Crippen LogP contribution in [0.15, 0.2) is 63.8 Å². The van der Waals surface area contributed by atoms with Crippen LogP contribution in [0.4, 0.5) is 10.8 Å². The van der Waals surface area contributed by atoms with Crippen LogP contribution in [0.5, 0.6) is 0 Å². The number of carbonyl (C=O) groups is 1. The van der Waals surface area contributed by atoms with E-state index in [9.17, 15) is 13.2 Å². The van der Waals surface area contributed by atoms with Crippen LogP contribution in [0.2, 0.25) is 0 Å². The Morgan fingerprint density at radius 3 is 2.33 bits per heavy atom. The maximum atomic E-state index is 13.3. The molecule has 10 heteroatoms. The predicted molar refractivity (Wildman–Crippen MR) is 122 cm³/mol. The highest BCUT2D eigenvalue weighted by atomic mass is 32.2. The number of benzene rings is 2. The third kappa shape index (κ3) is 5.18. The van der Waals surface area contributed by atoms with Crippen LogP contribution in [0, 0.1) is 0 Å². The second-order valence-electron chi connectivity index (χ2n) is 6.70. The van der Waals surface area contributed by atoms with E-state index in [0.29, 0.717) is 21.1 Å². The summed E-state index contributed by atoms with van der Waals surface area (Å²) in [6.45, 7) is 3.74. The fourth-order valence-electron chi connectivity index (χ4n) is 2.69. The van der Waals surface area contributed by atoms with Crippen molar-refractivity contribution >= 4 is 49.8 Å². The van der Waals surface area contributed by atoms with E-state index in [1.165, 1.54) is 35.2 Å². The zero-order valence-electron chi connectivity index (χ0n) is 16.8. The highest BCUT2D eigenvalue weighted by molar-refractivity contribution is 8.00. The van der Waals surface area contributed by atoms with Gasteiger partial charge in [0.15, 0.2) is 4.34 Å². The molecule has 3 rings (SSSR count). The minimum Gasteiger partial charge on any atom is -0.299 e. The van der Waals surface area contributed by atoms with E-state index in [1.54, 1.807) is 30.3 Å². The first-order chi connectivity index (χ1) is 14.3. The predicted octanol–water partition coefficient (Wildman–Crippen LogP) is 4.22. The Kier molecular flexibility index (Phi) is 7.11. The summed E-state index contributed by atoms with van der Waals surface area (Å²) in [5.74, 6) is -0.184. The minimum atomic E-state index is -3.94. The number of carbonyl (C=O) groups excluding carboxylic acids is 1. The lowest BCUT2D eigenvalue weighted by molar-refractivity contribution is -0.114. The maximum absolute atomic E-state index is 13.3. The fraction of sp³-hybridized carbons (Fsp3) is 0.250. The van der Waals surface area contributed by atoms with E-state index in [0.717, 1.165) is 9.87 Å². The van der Waals surface area contributed by atoms with E-state index >= 15 is 0 Å². The summed E-state index contributed by atoms with van der Waals surface area (Å²) >= 11 is 2.65. The summed E-state index contributed by atoms with van der Waals surface area (Å²) in [6, 6.07) is 15.3. The molecule has 0 saturated carbocycles. The largest absolute Gasteiger partial charge is 0.299 e. The van der Waals surface area contributed by atoms with E-state index in [1.807, 2.05) is 18.4 Å². The highest BCUT2D eigenvalue weighted by Gasteiger charge is 2.27. The molecule has 0 radical (unpaired) electrons. The second kappa shape index (κ2) is 9.59. The molecular formula is C20H22N4O3S3. The van der Waals surface area contributed by atoms with Gasteiger partial charge in [-0.3, -0.25) is 14.4 Å². The molecule has 30 heavy (non-hydrogen) atoms. The van der Waals surface area contributed by atoms with Crippen molar-refractivity contribution in [3.05, 3.63) is 60.2 Å². The third-order valence-corrected chi connectivity index (χ3v) is 7.90. The molecule has 1 N–H and O–H groups in total. The average molecular weight is 463 g/mol. The Bertz CT molecular complexity index is 1100.